The molecule has 4 heteroatoms. The van der Waals surface area contributed by atoms with E-state index in [0.29, 0.717) is 18.7 Å². The smallest absolute Gasteiger partial charge is 0.253 e. The largest absolute Gasteiger partial charge is 0.352 e. The Morgan fingerprint density at radius 1 is 0.733 bits per heavy atom. The lowest BCUT2D eigenvalue weighted by atomic mass is 9.90. The quantitative estimate of drug-likeness (QED) is 0.699. The second-order valence-corrected chi connectivity index (χ2v) is 7.70. The standard InChI is InChI=1S/C26H26N2O2/c29-25(24(20-10-4-1-5-11-20)21-12-6-2-7-13-21)27-23-16-18-28(19-17-23)26(30)22-14-8-3-9-15-22/h1-15,23-24H,16-19H2,(H,27,29). The zero-order valence-corrected chi connectivity index (χ0v) is 16.9. The molecule has 1 fully saturated rings. The van der Waals surface area contributed by atoms with Crippen LogP contribution in [0, 0.1) is 0 Å². The van der Waals surface area contributed by atoms with E-state index in [1.807, 2.05) is 95.9 Å². The minimum atomic E-state index is -0.337. The lowest BCUT2D eigenvalue weighted by Gasteiger charge is -2.33. The van der Waals surface area contributed by atoms with Gasteiger partial charge in [0.2, 0.25) is 5.91 Å². The molecule has 1 heterocycles. The fourth-order valence-corrected chi connectivity index (χ4v) is 4.06. The average molecular weight is 399 g/mol. The van der Waals surface area contributed by atoms with Crippen LogP contribution in [0.15, 0.2) is 91.0 Å². The molecule has 4 rings (SSSR count). The Labute approximate surface area is 177 Å². The van der Waals surface area contributed by atoms with Crippen LogP contribution in [0.3, 0.4) is 0 Å². The van der Waals surface area contributed by atoms with Gasteiger partial charge in [-0.05, 0) is 36.1 Å². The molecule has 0 unspecified atom stereocenters. The zero-order valence-electron chi connectivity index (χ0n) is 16.9. The molecule has 1 aliphatic rings. The topological polar surface area (TPSA) is 49.4 Å². The molecule has 0 bridgehead atoms. The van der Waals surface area contributed by atoms with Gasteiger partial charge in [0.05, 0.1) is 5.92 Å². The molecule has 30 heavy (non-hydrogen) atoms. The predicted molar refractivity (Wildman–Crippen MR) is 118 cm³/mol. The Hall–Kier alpha value is -3.40. The number of likely N-dealkylation sites (tertiary alicyclic amines) is 1. The van der Waals surface area contributed by atoms with E-state index >= 15 is 0 Å². The van der Waals surface area contributed by atoms with Gasteiger partial charge < -0.3 is 10.2 Å². The van der Waals surface area contributed by atoms with Crippen molar-refractivity contribution in [2.45, 2.75) is 24.8 Å². The van der Waals surface area contributed by atoms with Crippen molar-refractivity contribution in [1.82, 2.24) is 10.2 Å². The summed E-state index contributed by atoms with van der Waals surface area (Å²) in [7, 11) is 0. The molecule has 152 valence electrons. The number of piperidine rings is 1. The highest BCUT2D eigenvalue weighted by atomic mass is 16.2. The molecule has 3 aromatic carbocycles. The Bertz CT molecular complexity index is 926. The summed E-state index contributed by atoms with van der Waals surface area (Å²) < 4.78 is 0. The number of nitrogens with zero attached hydrogens (tertiary/aromatic N) is 1. The van der Waals surface area contributed by atoms with Gasteiger partial charge in [-0.2, -0.15) is 0 Å². The van der Waals surface area contributed by atoms with Crippen LogP contribution in [-0.2, 0) is 4.79 Å². The predicted octanol–water partition coefficient (Wildman–Crippen LogP) is 4.24. The van der Waals surface area contributed by atoms with E-state index < -0.39 is 0 Å². The van der Waals surface area contributed by atoms with Gasteiger partial charge in [0.25, 0.3) is 5.91 Å². The van der Waals surface area contributed by atoms with Crippen LogP contribution in [0.4, 0.5) is 0 Å². The first-order valence-electron chi connectivity index (χ1n) is 10.5. The number of hydrogen-bond acceptors (Lipinski definition) is 2. The number of rotatable bonds is 5. The fraction of sp³-hybridized carbons (Fsp3) is 0.231. The molecule has 0 spiro atoms. The van der Waals surface area contributed by atoms with Gasteiger partial charge in [0.15, 0.2) is 0 Å². The summed E-state index contributed by atoms with van der Waals surface area (Å²) >= 11 is 0. The third-order valence-corrected chi connectivity index (χ3v) is 5.68. The molecule has 0 aromatic heterocycles. The molecule has 1 aliphatic heterocycles. The summed E-state index contributed by atoms with van der Waals surface area (Å²) in [6, 6.07) is 29.2. The van der Waals surface area contributed by atoms with Crippen molar-refractivity contribution in [1.29, 1.82) is 0 Å². The van der Waals surface area contributed by atoms with Crippen LogP contribution in [0.5, 0.6) is 0 Å². The van der Waals surface area contributed by atoms with Crippen LogP contribution >= 0.6 is 0 Å². The number of benzene rings is 3. The van der Waals surface area contributed by atoms with Crippen LogP contribution in [0.2, 0.25) is 0 Å². The molecular formula is C26H26N2O2. The van der Waals surface area contributed by atoms with Crippen molar-refractivity contribution in [2.24, 2.45) is 0 Å². The van der Waals surface area contributed by atoms with Crippen molar-refractivity contribution in [3.63, 3.8) is 0 Å². The summed E-state index contributed by atoms with van der Waals surface area (Å²) in [6.45, 7) is 1.31. The molecule has 1 saturated heterocycles. The van der Waals surface area contributed by atoms with E-state index in [2.05, 4.69) is 5.32 Å². The minimum Gasteiger partial charge on any atom is -0.352 e. The third-order valence-electron chi connectivity index (χ3n) is 5.68. The molecular weight excluding hydrogens is 372 g/mol. The van der Waals surface area contributed by atoms with Gasteiger partial charge in [-0.15, -0.1) is 0 Å². The normalized spacial score (nSPS) is 14.5. The highest BCUT2D eigenvalue weighted by Crippen LogP contribution is 2.25. The molecule has 3 aromatic rings. The minimum absolute atomic E-state index is 0.0141. The molecule has 0 atom stereocenters. The number of carbonyl (C=O) groups is 2. The van der Waals surface area contributed by atoms with E-state index in [-0.39, 0.29) is 23.8 Å². The van der Waals surface area contributed by atoms with Gasteiger partial charge in [-0.25, -0.2) is 0 Å². The summed E-state index contributed by atoms with van der Waals surface area (Å²) in [4.78, 5) is 27.8. The summed E-state index contributed by atoms with van der Waals surface area (Å²) in [5.74, 6) is -0.261. The molecule has 1 N–H and O–H groups in total. The van der Waals surface area contributed by atoms with Gasteiger partial charge in [0, 0.05) is 24.7 Å². The van der Waals surface area contributed by atoms with E-state index in [9.17, 15) is 9.59 Å². The van der Waals surface area contributed by atoms with E-state index in [1.54, 1.807) is 0 Å². The van der Waals surface area contributed by atoms with Crippen molar-refractivity contribution >= 4 is 11.8 Å². The molecule has 4 nitrogen and oxygen atoms in total. The monoisotopic (exact) mass is 398 g/mol. The highest BCUT2D eigenvalue weighted by molar-refractivity contribution is 5.94. The second-order valence-electron chi connectivity index (χ2n) is 7.70. The summed E-state index contributed by atoms with van der Waals surface area (Å²) in [6.07, 6.45) is 1.53. The lowest BCUT2D eigenvalue weighted by Crippen LogP contribution is -2.47. The summed E-state index contributed by atoms with van der Waals surface area (Å²) in [5, 5.41) is 3.24. The average Bonchev–Trinajstić information content (AvgIpc) is 2.81. The maximum atomic E-state index is 13.3. The number of hydrogen-bond donors (Lipinski definition) is 1. The van der Waals surface area contributed by atoms with Crippen LogP contribution in [0.25, 0.3) is 0 Å². The Balaban J connectivity index is 1.41. The van der Waals surface area contributed by atoms with E-state index in [1.165, 1.54) is 0 Å². The van der Waals surface area contributed by atoms with Crippen molar-refractivity contribution in [3.05, 3.63) is 108 Å². The van der Waals surface area contributed by atoms with E-state index in [0.717, 1.165) is 24.0 Å². The number of amides is 2. The lowest BCUT2D eigenvalue weighted by molar-refractivity contribution is -0.122. The first-order valence-corrected chi connectivity index (χ1v) is 10.5. The SMILES string of the molecule is O=C(NC1CCN(C(=O)c2ccccc2)CC1)C(c1ccccc1)c1ccccc1. The van der Waals surface area contributed by atoms with Crippen LogP contribution in [-0.4, -0.2) is 35.8 Å². The Morgan fingerprint density at radius 3 is 1.70 bits per heavy atom. The Kier molecular flexibility index (Phi) is 6.23. The summed E-state index contributed by atoms with van der Waals surface area (Å²) in [5.41, 5.74) is 2.68. The van der Waals surface area contributed by atoms with E-state index in [4.69, 9.17) is 0 Å². The maximum absolute atomic E-state index is 13.3. The van der Waals surface area contributed by atoms with Crippen molar-refractivity contribution in [2.75, 3.05) is 13.1 Å². The maximum Gasteiger partial charge on any atom is 0.253 e. The van der Waals surface area contributed by atoms with Crippen molar-refractivity contribution in [3.8, 4) is 0 Å². The molecule has 0 aliphatic carbocycles. The van der Waals surface area contributed by atoms with Gasteiger partial charge >= 0.3 is 0 Å². The van der Waals surface area contributed by atoms with Gasteiger partial charge in [-0.3, -0.25) is 9.59 Å². The fourth-order valence-electron chi connectivity index (χ4n) is 4.06. The second kappa shape index (κ2) is 9.40. The first kappa shape index (κ1) is 19.9. The third kappa shape index (κ3) is 4.60. The van der Waals surface area contributed by atoms with Crippen LogP contribution < -0.4 is 5.32 Å². The number of nitrogens with one attached hydrogen (secondary N) is 1. The van der Waals surface area contributed by atoms with Crippen molar-refractivity contribution < 1.29 is 9.59 Å². The first-order chi connectivity index (χ1) is 14.7. The molecule has 2 amide bonds. The van der Waals surface area contributed by atoms with Gasteiger partial charge in [0.1, 0.15) is 0 Å². The molecule has 0 radical (unpaired) electrons. The highest BCUT2D eigenvalue weighted by Gasteiger charge is 2.28. The molecule has 0 saturated carbocycles. The Morgan fingerprint density at radius 2 is 1.20 bits per heavy atom. The van der Waals surface area contributed by atoms with Crippen LogP contribution in [0.1, 0.15) is 40.2 Å². The zero-order chi connectivity index (χ0) is 20.8. The van der Waals surface area contributed by atoms with Gasteiger partial charge in [-0.1, -0.05) is 78.9 Å². The number of carbonyl (C=O) groups excluding carboxylic acids is 2.